The number of aromatic carboxylic acids is 1. The van der Waals surface area contributed by atoms with Crippen LogP contribution in [0.4, 0.5) is 11.5 Å². The Bertz CT molecular complexity index is 647. The molecule has 0 saturated carbocycles. The molecule has 20 heavy (non-hydrogen) atoms. The van der Waals surface area contributed by atoms with Crippen LogP contribution in [0.5, 0.6) is 0 Å². The minimum Gasteiger partial charge on any atom is -0.476 e. The third-order valence-electron chi connectivity index (χ3n) is 2.40. The SMILES string of the molecule is Cn1cc([N+](=O)[O-])c(NCCn2cc(C(=O)O)nn2)n1. The van der Waals surface area contributed by atoms with Crippen molar-refractivity contribution in [1.82, 2.24) is 24.8 Å². The number of hydrogen-bond acceptors (Lipinski definition) is 7. The van der Waals surface area contributed by atoms with Gasteiger partial charge in [-0.2, -0.15) is 0 Å². The Kier molecular flexibility index (Phi) is 3.59. The molecule has 2 rings (SSSR count). The normalized spacial score (nSPS) is 10.4. The van der Waals surface area contributed by atoms with E-state index in [1.165, 1.54) is 21.8 Å². The summed E-state index contributed by atoms with van der Waals surface area (Å²) in [5, 5.41) is 33.2. The molecule has 0 amide bonds. The van der Waals surface area contributed by atoms with Crippen LogP contribution in [0.3, 0.4) is 0 Å². The largest absolute Gasteiger partial charge is 0.476 e. The van der Waals surface area contributed by atoms with E-state index in [9.17, 15) is 14.9 Å². The van der Waals surface area contributed by atoms with E-state index in [0.717, 1.165) is 0 Å². The second kappa shape index (κ2) is 5.34. The number of carbonyl (C=O) groups is 1. The third-order valence-corrected chi connectivity index (χ3v) is 2.40. The van der Waals surface area contributed by atoms with Gasteiger partial charge in [0.15, 0.2) is 5.69 Å². The summed E-state index contributed by atoms with van der Waals surface area (Å²) in [6.45, 7) is 0.592. The van der Waals surface area contributed by atoms with Gasteiger partial charge < -0.3 is 10.4 Å². The monoisotopic (exact) mass is 281 g/mol. The standard InChI is InChI=1S/C9H11N7O4/c1-14-5-7(16(19)20)8(12-14)10-2-3-15-4-6(9(17)18)11-13-15/h4-5H,2-3H2,1H3,(H,10,12)(H,17,18). The summed E-state index contributed by atoms with van der Waals surface area (Å²) in [7, 11) is 1.58. The van der Waals surface area contributed by atoms with Crippen molar-refractivity contribution >= 4 is 17.5 Å². The Labute approximate surface area is 112 Å². The van der Waals surface area contributed by atoms with Gasteiger partial charge in [0.1, 0.15) is 6.20 Å². The van der Waals surface area contributed by atoms with Crippen LogP contribution in [0.25, 0.3) is 0 Å². The van der Waals surface area contributed by atoms with Crippen molar-refractivity contribution in [1.29, 1.82) is 0 Å². The van der Waals surface area contributed by atoms with Gasteiger partial charge in [0.2, 0.25) is 5.82 Å². The molecule has 11 heteroatoms. The van der Waals surface area contributed by atoms with Crippen LogP contribution in [0, 0.1) is 10.1 Å². The van der Waals surface area contributed by atoms with E-state index in [1.54, 1.807) is 7.05 Å². The Morgan fingerprint density at radius 2 is 2.30 bits per heavy atom. The Balaban J connectivity index is 1.95. The molecule has 0 aromatic carbocycles. The van der Waals surface area contributed by atoms with Crippen molar-refractivity contribution in [2.24, 2.45) is 7.05 Å². The van der Waals surface area contributed by atoms with E-state index in [-0.39, 0.29) is 17.2 Å². The molecule has 11 nitrogen and oxygen atoms in total. The number of carboxylic acids is 1. The van der Waals surface area contributed by atoms with Gasteiger partial charge >= 0.3 is 11.7 Å². The van der Waals surface area contributed by atoms with Crippen LogP contribution in [-0.4, -0.2) is 47.3 Å². The highest BCUT2D eigenvalue weighted by Gasteiger charge is 2.17. The molecule has 0 spiro atoms. The maximum absolute atomic E-state index is 10.8. The molecule has 0 aliphatic carbocycles. The smallest absolute Gasteiger partial charge is 0.358 e. The molecular formula is C9H11N7O4. The highest BCUT2D eigenvalue weighted by molar-refractivity contribution is 5.84. The van der Waals surface area contributed by atoms with Crippen LogP contribution >= 0.6 is 0 Å². The van der Waals surface area contributed by atoms with Gasteiger partial charge in [0, 0.05) is 13.6 Å². The van der Waals surface area contributed by atoms with Crippen molar-refractivity contribution in [2.75, 3.05) is 11.9 Å². The van der Waals surface area contributed by atoms with Crippen molar-refractivity contribution < 1.29 is 14.8 Å². The first-order chi connectivity index (χ1) is 9.47. The lowest BCUT2D eigenvalue weighted by molar-refractivity contribution is -0.384. The van der Waals surface area contributed by atoms with Crippen LogP contribution in [-0.2, 0) is 13.6 Å². The van der Waals surface area contributed by atoms with Gasteiger partial charge in [-0.3, -0.25) is 14.8 Å². The first-order valence-electron chi connectivity index (χ1n) is 5.52. The molecule has 0 unspecified atom stereocenters. The average Bonchev–Trinajstić information content (AvgIpc) is 2.96. The Morgan fingerprint density at radius 3 is 2.90 bits per heavy atom. The molecule has 0 fully saturated rings. The number of aromatic nitrogens is 5. The zero-order valence-corrected chi connectivity index (χ0v) is 10.4. The molecule has 0 radical (unpaired) electrons. The Morgan fingerprint density at radius 1 is 1.55 bits per heavy atom. The summed E-state index contributed by atoms with van der Waals surface area (Å²) in [5.41, 5.74) is -0.286. The minimum absolute atomic E-state index is 0.127. The number of anilines is 1. The number of nitrogens with zero attached hydrogens (tertiary/aromatic N) is 6. The lowest BCUT2D eigenvalue weighted by atomic mass is 10.5. The summed E-state index contributed by atoms with van der Waals surface area (Å²) in [6, 6.07) is 0. The van der Waals surface area contributed by atoms with Gasteiger partial charge in [-0.25, -0.2) is 9.48 Å². The van der Waals surface area contributed by atoms with Crippen molar-refractivity contribution in [3.05, 3.63) is 28.2 Å². The summed E-state index contributed by atoms with van der Waals surface area (Å²) in [5.74, 6) is -1.01. The molecule has 0 saturated heterocycles. The molecule has 2 heterocycles. The van der Waals surface area contributed by atoms with E-state index < -0.39 is 10.9 Å². The summed E-state index contributed by atoms with van der Waals surface area (Å²) in [6.07, 6.45) is 2.57. The van der Waals surface area contributed by atoms with E-state index in [0.29, 0.717) is 13.1 Å². The summed E-state index contributed by atoms with van der Waals surface area (Å²) in [4.78, 5) is 20.8. The molecular weight excluding hydrogens is 270 g/mol. The van der Waals surface area contributed by atoms with E-state index in [1.807, 2.05) is 0 Å². The fourth-order valence-corrected chi connectivity index (χ4v) is 1.53. The van der Waals surface area contributed by atoms with Crippen LogP contribution in [0.15, 0.2) is 12.4 Å². The molecule has 2 N–H and O–H groups in total. The topological polar surface area (TPSA) is 141 Å². The van der Waals surface area contributed by atoms with Crippen LogP contribution in [0.2, 0.25) is 0 Å². The molecule has 106 valence electrons. The van der Waals surface area contributed by atoms with E-state index in [2.05, 4.69) is 20.7 Å². The zero-order valence-electron chi connectivity index (χ0n) is 10.4. The van der Waals surface area contributed by atoms with E-state index in [4.69, 9.17) is 5.11 Å². The van der Waals surface area contributed by atoms with Crippen molar-refractivity contribution in [3.63, 3.8) is 0 Å². The van der Waals surface area contributed by atoms with Crippen LogP contribution in [0.1, 0.15) is 10.5 Å². The van der Waals surface area contributed by atoms with Gasteiger partial charge in [0.05, 0.1) is 17.7 Å². The highest BCUT2D eigenvalue weighted by atomic mass is 16.6. The second-order valence-corrected chi connectivity index (χ2v) is 3.89. The summed E-state index contributed by atoms with van der Waals surface area (Å²) < 4.78 is 2.66. The maximum Gasteiger partial charge on any atom is 0.358 e. The third kappa shape index (κ3) is 2.88. The average molecular weight is 281 g/mol. The molecule has 2 aromatic rings. The van der Waals surface area contributed by atoms with Gasteiger partial charge in [0.25, 0.3) is 0 Å². The van der Waals surface area contributed by atoms with Gasteiger partial charge in [-0.05, 0) is 0 Å². The van der Waals surface area contributed by atoms with Gasteiger partial charge in [-0.1, -0.05) is 5.21 Å². The summed E-state index contributed by atoms with van der Waals surface area (Å²) >= 11 is 0. The first-order valence-corrected chi connectivity index (χ1v) is 5.52. The quantitative estimate of drug-likeness (QED) is 0.544. The van der Waals surface area contributed by atoms with Crippen molar-refractivity contribution in [3.8, 4) is 0 Å². The number of carboxylic acid groups (broad SMARTS) is 1. The predicted octanol–water partition coefficient (Wildman–Crippen LogP) is -0.270. The fraction of sp³-hybridized carbons (Fsp3) is 0.333. The van der Waals surface area contributed by atoms with E-state index >= 15 is 0 Å². The predicted molar refractivity (Wildman–Crippen MR) is 65.3 cm³/mol. The second-order valence-electron chi connectivity index (χ2n) is 3.89. The molecule has 2 aromatic heterocycles. The number of hydrogen-bond donors (Lipinski definition) is 2. The molecule has 0 bridgehead atoms. The van der Waals surface area contributed by atoms with Crippen LogP contribution < -0.4 is 5.32 Å². The van der Waals surface area contributed by atoms with Crippen molar-refractivity contribution in [2.45, 2.75) is 6.54 Å². The fourth-order valence-electron chi connectivity index (χ4n) is 1.53. The molecule has 0 aliphatic rings. The molecule has 0 aliphatic heterocycles. The lowest BCUT2D eigenvalue weighted by Crippen LogP contribution is -2.12. The number of nitro groups is 1. The first kappa shape index (κ1) is 13.5. The Hall–Kier alpha value is -2.98. The number of nitrogens with one attached hydrogen (secondary N) is 1. The number of rotatable bonds is 6. The van der Waals surface area contributed by atoms with Gasteiger partial charge in [-0.15, -0.1) is 10.2 Å². The highest BCUT2D eigenvalue weighted by Crippen LogP contribution is 2.20. The lowest BCUT2D eigenvalue weighted by Gasteiger charge is -2.02. The zero-order chi connectivity index (χ0) is 14.7. The minimum atomic E-state index is -1.16. The maximum atomic E-state index is 10.8. The molecule has 0 atom stereocenters. The number of aryl methyl sites for hydroxylation is 1.